The van der Waals surface area contributed by atoms with E-state index in [-0.39, 0.29) is 24.0 Å². The Hall–Kier alpha value is -1.72. The van der Waals surface area contributed by atoms with Crippen molar-refractivity contribution in [3.8, 4) is 0 Å². The van der Waals surface area contributed by atoms with Crippen LogP contribution in [0.25, 0.3) is 0 Å². The number of rotatable bonds is 8. The highest BCUT2D eigenvalue weighted by Gasteiger charge is 2.26. The van der Waals surface area contributed by atoms with Crippen LogP contribution in [-0.4, -0.2) is 42.1 Å². The first-order chi connectivity index (χ1) is 10.5. The normalized spacial score (nSPS) is 21.0. The van der Waals surface area contributed by atoms with Crippen molar-refractivity contribution >= 4 is 11.7 Å². The Bertz CT molecular complexity index is 479. The van der Waals surface area contributed by atoms with Gasteiger partial charge in [0, 0.05) is 25.0 Å². The van der Waals surface area contributed by atoms with Gasteiger partial charge in [0.2, 0.25) is 5.91 Å². The van der Waals surface area contributed by atoms with Crippen LogP contribution in [0.4, 0.5) is 0 Å². The van der Waals surface area contributed by atoms with E-state index in [1.54, 1.807) is 12.2 Å². The Morgan fingerprint density at radius 3 is 2.82 bits per heavy atom. The molecule has 1 amide bonds. The maximum atomic E-state index is 11.9. The standard InChI is InChI=1S/C17H25NO4/c1-4-5-6-7-14(19)9-10-15-13(8-11-16(15)20)12-17(21)18(2)22-3/h5-6,8,10-11,13-14,19H,4,7,9,12H2,1-3H3. The zero-order valence-electron chi connectivity index (χ0n) is 13.5. The summed E-state index contributed by atoms with van der Waals surface area (Å²) in [7, 11) is 2.96. The fraction of sp³-hybridized carbons (Fsp3) is 0.529. The molecule has 0 saturated carbocycles. The highest BCUT2D eigenvalue weighted by molar-refractivity contribution is 6.07. The first-order valence-corrected chi connectivity index (χ1v) is 7.55. The van der Waals surface area contributed by atoms with Gasteiger partial charge in [-0.2, -0.15) is 0 Å². The fourth-order valence-corrected chi connectivity index (χ4v) is 2.21. The summed E-state index contributed by atoms with van der Waals surface area (Å²) >= 11 is 0. The number of carbonyl (C=O) groups excluding carboxylic acids is 2. The van der Waals surface area contributed by atoms with Crippen LogP contribution in [0, 0.1) is 5.92 Å². The van der Waals surface area contributed by atoms with E-state index in [2.05, 4.69) is 0 Å². The lowest BCUT2D eigenvalue weighted by molar-refractivity contribution is -0.169. The molecule has 1 N–H and O–H groups in total. The molecule has 2 atom stereocenters. The van der Waals surface area contributed by atoms with Crippen molar-refractivity contribution in [1.29, 1.82) is 0 Å². The summed E-state index contributed by atoms with van der Waals surface area (Å²) in [5.74, 6) is -0.519. The van der Waals surface area contributed by atoms with Crippen molar-refractivity contribution in [3.05, 3.63) is 36.0 Å². The monoisotopic (exact) mass is 307 g/mol. The fourth-order valence-electron chi connectivity index (χ4n) is 2.21. The van der Waals surface area contributed by atoms with Gasteiger partial charge in [-0.3, -0.25) is 14.4 Å². The highest BCUT2D eigenvalue weighted by Crippen LogP contribution is 2.26. The Morgan fingerprint density at radius 2 is 2.18 bits per heavy atom. The lowest BCUT2D eigenvalue weighted by atomic mass is 9.96. The first-order valence-electron chi connectivity index (χ1n) is 7.55. The molecule has 5 heteroatoms. The zero-order chi connectivity index (χ0) is 16.5. The smallest absolute Gasteiger partial charge is 0.246 e. The molecule has 0 aliphatic heterocycles. The number of hydroxylamine groups is 2. The van der Waals surface area contributed by atoms with Crippen LogP contribution in [0.2, 0.25) is 0 Å². The Balaban J connectivity index is 2.62. The molecular formula is C17H25NO4. The van der Waals surface area contributed by atoms with Crippen LogP contribution in [0.1, 0.15) is 32.6 Å². The maximum Gasteiger partial charge on any atom is 0.246 e. The number of hydrogen-bond acceptors (Lipinski definition) is 4. The second-order valence-corrected chi connectivity index (χ2v) is 5.27. The van der Waals surface area contributed by atoms with Crippen LogP contribution in [0.3, 0.4) is 0 Å². The van der Waals surface area contributed by atoms with Gasteiger partial charge in [-0.15, -0.1) is 0 Å². The van der Waals surface area contributed by atoms with Gasteiger partial charge >= 0.3 is 0 Å². The van der Waals surface area contributed by atoms with Crippen LogP contribution in [-0.2, 0) is 14.4 Å². The molecule has 0 radical (unpaired) electrons. The summed E-state index contributed by atoms with van der Waals surface area (Å²) in [5, 5.41) is 11.0. The average Bonchev–Trinajstić information content (AvgIpc) is 2.84. The lowest BCUT2D eigenvalue weighted by Gasteiger charge is -2.16. The van der Waals surface area contributed by atoms with E-state index in [0.717, 1.165) is 11.5 Å². The lowest BCUT2D eigenvalue weighted by Crippen LogP contribution is -2.27. The molecule has 0 heterocycles. The van der Waals surface area contributed by atoms with E-state index < -0.39 is 6.10 Å². The summed E-state index contributed by atoms with van der Waals surface area (Å²) in [6.07, 6.45) is 10.5. The van der Waals surface area contributed by atoms with Gasteiger partial charge in [0.15, 0.2) is 5.78 Å². The SMILES string of the molecule is CCC=CCC(O)CC=C1C(=O)C=CC1CC(=O)N(C)OC. The van der Waals surface area contributed by atoms with Gasteiger partial charge in [-0.1, -0.05) is 31.2 Å². The molecule has 22 heavy (non-hydrogen) atoms. The largest absolute Gasteiger partial charge is 0.392 e. The number of ketones is 1. The highest BCUT2D eigenvalue weighted by atomic mass is 16.7. The van der Waals surface area contributed by atoms with Crippen LogP contribution in [0.15, 0.2) is 36.0 Å². The molecule has 1 rings (SSSR count). The molecule has 2 unspecified atom stereocenters. The molecule has 0 saturated heterocycles. The van der Waals surface area contributed by atoms with E-state index in [0.29, 0.717) is 18.4 Å². The third-order valence-electron chi connectivity index (χ3n) is 3.60. The molecule has 0 aromatic rings. The number of hydrogen-bond donors (Lipinski definition) is 1. The molecular weight excluding hydrogens is 282 g/mol. The summed E-state index contributed by atoms with van der Waals surface area (Å²) in [6.45, 7) is 2.03. The van der Waals surface area contributed by atoms with Crippen molar-refractivity contribution < 1.29 is 19.5 Å². The van der Waals surface area contributed by atoms with E-state index in [1.165, 1.54) is 20.2 Å². The van der Waals surface area contributed by atoms with E-state index in [9.17, 15) is 14.7 Å². The quantitative estimate of drug-likeness (QED) is 0.424. The van der Waals surface area contributed by atoms with Crippen LogP contribution in [0.5, 0.6) is 0 Å². The average molecular weight is 307 g/mol. The zero-order valence-corrected chi connectivity index (χ0v) is 13.5. The molecule has 1 aliphatic rings. The molecule has 0 bridgehead atoms. The number of aliphatic hydroxyl groups excluding tert-OH is 1. The number of amides is 1. The molecule has 1 aliphatic carbocycles. The summed E-state index contributed by atoms with van der Waals surface area (Å²) < 4.78 is 0. The van der Waals surface area contributed by atoms with E-state index in [4.69, 9.17) is 4.84 Å². The van der Waals surface area contributed by atoms with Crippen molar-refractivity contribution in [3.63, 3.8) is 0 Å². The number of aliphatic hydroxyl groups is 1. The second-order valence-electron chi connectivity index (χ2n) is 5.27. The summed E-state index contributed by atoms with van der Waals surface area (Å²) in [6, 6.07) is 0. The van der Waals surface area contributed by atoms with Gasteiger partial charge in [-0.25, -0.2) is 5.06 Å². The minimum Gasteiger partial charge on any atom is -0.392 e. The van der Waals surface area contributed by atoms with E-state index in [1.807, 2.05) is 19.1 Å². The van der Waals surface area contributed by atoms with Crippen molar-refractivity contribution in [2.24, 2.45) is 5.92 Å². The topological polar surface area (TPSA) is 66.8 Å². The third-order valence-corrected chi connectivity index (χ3v) is 3.60. The predicted molar refractivity (Wildman–Crippen MR) is 84.8 cm³/mol. The molecule has 0 spiro atoms. The number of nitrogens with zero attached hydrogens (tertiary/aromatic N) is 1. The predicted octanol–water partition coefficient (Wildman–Crippen LogP) is 2.19. The minimum atomic E-state index is -0.512. The number of allylic oxidation sites excluding steroid dienone is 4. The molecule has 0 fully saturated rings. The molecule has 5 nitrogen and oxygen atoms in total. The van der Waals surface area contributed by atoms with Crippen molar-refractivity contribution in [2.45, 2.75) is 38.7 Å². The first kappa shape index (κ1) is 18.3. The minimum absolute atomic E-state index is 0.0887. The van der Waals surface area contributed by atoms with Crippen LogP contribution < -0.4 is 0 Å². The third kappa shape index (κ3) is 5.58. The van der Waals surface area contributed by atoms with Crippen molar-refractivity contribution in [2.75, 3.05) is 14.2 Å². The van der Waals surface area contributed by atoms with Gasteiger partial charge < -0.3 is 5.11 Å². The summed E-state index contributed by atoms with van der Waals surface area (Å²) in [4.78, 5) is 28.6. The van der Waals surface area contributed by atoms with Gasteiger partial charge in [0.1, 0.15) is 0 Å². The van der Waals surface area contributed by atoms with E-state index >= 15 is 0 Å². The Morgan fingerprint density at radius 1 is 1.45 bits per heavy atom. The van der Waals surface area contributed by atoms with Crippen molar-refractivity contribution in [1.82, 2.24) is 5.06 Å². The van der Waals surface area contributed by atoms with Crippen LogP contribution >= 0.6 is 0 Å². The molecule has 0 aromatic carbocycles. The van der Waals surface area contributed by atoms with Gasteiger partial charge in [0.05, 0.1) is 13.2 Å². The molecule has 0 aromatic heterocycles. The Kier molecular flexibility index (Phi) is 7.77. The number of carbonyl (C=O) groups is 2. The summed E-state index contributed by atoms with van der Waals surface area (Å²) in [5.41, 5.74) is 0.580. The van der Waals surface area contributed by atoms with Gasteiger partial charge in [-0.05, 0) is 25.3 Å². The van der Waals surface area contributed by atoms with Gasteiger partial charge in [0.25, 0.3) is 0 Å². The molecule has 122 valence electrons. The maximum absolute atomic E-state index is 11.9. The Labute approximate surface area is 131 Å². The second kappa shape index (κ2) is 9.33.